The van der Waals surface area contributed by atoms with Gasteiger partial charge >= 0.3 is 0 Å². The van der Waals surface area contributed by atoms with Gasteiger partial charge in [0.1, 0.15) is 5.75 Å². The molecule has 0 fully saturated rings. The number of aryl methyl sites for hydroxylation is 1. The molecule has 26 heavy (non-hydrogen) atoms. The Morgan fingerprint density at radius 3 is 2.88 bits per heavy atom. The molecule has 136 valence electrons. The average Bonchev–Trinajstić information content (AvgIpc) is 3.00. The van der Waals surface area contributed by atoms with Gasteiger partial charge in [0, 0.05) is 11.3 Å². The van der Waals surface area contributed by atoms with Crippen LogP contribution in [0.15, 0.2) is 28.2 Å². The van der Waals surface area contributed by atoms with Crippen LogP contribution in [-0.2, 0) is 11.2 Å². The molecule has 3 aromatic rings. The molecule has 0 aliphatic rings. The molecule has 0 bridgehead atoms. The van der Waals surface area contributed by atoms with Crippen molar-refractivity contribution in [1.29, 1.82) is 0 Å². The van der Waals surface area contributed by atoms with Crippen molar-refractivity contribution in [1.82, 2.24) is 15.0 Å². The second-order valence-electron chi connectivity index (χ2n) is 5.48. The monoisotopic (exact) mass is 390 g/mol. The zero-order chi connectivity index (χ0) is 18.7. The summed E-state index contributed by atoms with van der Waals surface area (Å²) in [6.07, 6.45) is 0.627. The van der Waals surface area contributed by atoms with Gasteiger partial charge in [0.2, 0.25) is 5.91 Å². The van der Waals surface area contributed by atoms with E-state index in [4.69, 9.17) is 4.74 Å². The van der Waals surface area contributed by atoms with Gasteiger partial charge in [-0.25, -0.2) is 9.97 Å². The first-order valence-corrected chi connectivity index (χ1v) is 9.77. The third-order valence-electron chi connectivity index (χ3n) is 3.74. The lowest BCUT2D eigenvalue weighted by atomic mass is 10.2. The lowest BCUT2D eigenvalue weighted by Crippen LogP contribution is -2.18. The highest BCUT2D eigenvalue weighted by molar-refractivity contribution is 7.99. The summed E-state index contributed by atoms with van der Waals surface area (Å²) in [6, 6.07) is 5.56. The van der Waals surface area contributed by atoms with Gasteiger partial charge in [-0.3, -0.25) is 9.59 Å². The highest BCUT2D eigenvalue weighted by Crippen LogP contribution is 2.29. The predicted molar refractivity (Wildman–Crippen MR) is 104 cm³/mol. The van der Waals surface area contributed by atoms with E-state index in [-0.39, 0.29) is 17.2 Å². The number of aromatic amines is 1. The maximum atomic E-state index is 12.2. The topological polar surface area (TPSA) is 97.0 Å². The summed E-state index contributed by atoms with van der Waals surface area (Å²) in [5.74, 6) is 0.670. The van der Waals surface area contributed by atoms with E-state index < -0.39 is 0 Å². The van der Waals surface area contributed by atoms with Gasteiger partial charge in [0.15, 0.2) is 10.3 Å². The first-order valence-electron chi connectivity index (χ1n) is 7.97. The van der Waals surface area contributed by atoms with Gasteiger partial charge in [0.05, 0.1) is 23.1 Å². The number of hydrogen-bond donors (Lipinski definition) is 2. The molecule has 2 heterocycles. The van der Waals surface area contributed by atoms with Crippen LogP contribution in [0.2, 0.25) is 0 Å². The summed E-state index contributed by atoms with van der Waals surface area (Å²) >= 11 is 2.57. The Bertz CT molecular complexity index is 1010. The number of nitrogens with one attached hydrogen (secondary N) is 2. The third-order valence-corrected chi connectivity index (χ3v) is 5.54. The number of fused-ring (bicyclic) bond motifs is 1. The second kappa shape index (κ2) is 7.88. The van der Waals surface area contributed by atoms with Crippen LogP contribution in [0.4, 0.5) is 5.13 Å². The number of amides is 1. The van der Waals surface area contributed by atoms with Crippen LogP contribution in [-0.4, -0.2) is 33.7 Å². The Morgan fingerprint density at radius 2 is 2.19 bits per heavy atom. The Morgan fingerprint density at radius 1 is 1.38 bits per heavy atom. The molecule has 0 spiro atoms. The van der Waals surface area contributed by atoms with E-state index in [2.05, 4.69) is 20.3 Å². The van der Waals surface area contributed by atoms with Crippen molar-refractivity contribution in [2.24, 2.45) is 0 Å². The molecule has 0 aliphatic carbocycles. The summed E-state index contributed by atoms with van der Waals surface area (Å²) in [7, 11) is 1.61. The molecular formula is C17H18N4O3S2. The number of carbonyl (C=O) groups excluding carboxylic acids is 1. The number of nitrogens with zero attached hydrogens (tertiary/aromatic N) is 2. The van der Waals surface area contributed by atoms with E-state index in [1.165, 1.54) is 23.1 Å². The smallest absolute Gasteiger partial charge is 0.254 e. The van der Waals surface area contributed by atoms with Crippen LogP contribution in [0.25, 0.3) is 10.2 Å². The number of thiazole rings is 1. The fourth-order valence-electron chi connectivity index (χ4n) is 2.44. The zero-order valence-electron chi connectivity index (χ0n) is 14.6. The first kappa shape index (κ1) is 18.4. The van der Waals surface area contributed by atoms with E-state index >= 15 is 0 Å². The molecular weight excluding hydrogens is 372 g/mol. The maximum absolute atomic E-state index is 12.2. The number of hydrogen-bond acceptors (Lipinski definition) is 7. The van der Waals surface area contributed by atoms with Crippen LogP contribution >= 0.6 is 23.1 Å². The fraction of sp³-hybridized carbons (Fsp3) is 0.294. The molecule has 9 heteroatoms. The highest BCUT2D eigenvalue weighted by Gasteiger charge is 2.11. The minimum absolute atomic E-state index is 0.132. The molecule has 2 N–H and O–H groups in total. The molecule has 0 unspecified atom stereocenters. The number of aromatic nitrogens is 3. The van der Waals surface area contributed by atoms with Crippen LogP contribution in [0.1, 0.15) is 18.2 Å². The average molecular weight is 390 g/mol. The lowest BCUT2D eigenvalue weighted by Gasteiger charge is -2.05. The second-order valence-corrected chi connectivity index (χ2v) is 7.47. The normalized spacial score (nSPS) is 10.9. The molecule has 0 atom stereocenters. The molecule has 0 radical (unpaired) electrons. The van der Waals surface area contributed by atoms with Crippen molar-refractivity contribution < 1.29 is 9.53 Å². The van der Waals surface area contributed by atoms with E-state index in [1.807, 2.05) is 25.1 Å². The largest absolute Gasteiger partial charge is 0.497 e. The Labute approximate surface area is 158 Å². The van der Waals surface area contributed by atoms with Gasteiger partial charge in [-0.15, -0.1) is 0 Å². The van der Waals surface area contributed by atoms with E-state index in [0.717, 1.165) is 16.0 Å². The molecule has 1 aromatic carbocycles. The van der Waals surface area contributed by atoms with Crippen LogP contribution in [0.5, 0.6) is 5.75 Å². The number of methoxy groups -OCH3 is 1. The van der Waals surface area contributed by atoms with Crippen molar-refractivity contribution in [3.63, 3.8) is 0 Å². The van der Waals surface area contributed by atoms with Gasteiger partial charge in [-0.1, -0.05) is 30.0 Å². The number of ether oxygens (including phenoxy) is 1. The van der Waals surface area contributed by atoms with E-state index in [0.29, 0.717) is 28.0 Å². The highest BCUT2D eigenvalue weighted by atomic mass is 32.2. The SMILES string of the molecule is CCc1c(C)nc(SCC(=O)Nc2nc3ccc(OC)cc3s2)[nH]c1=O. The fourth-order valence-corrected chi connectivity index (χ4v) is 4.06. The van der Waals surface area contributed by atoms with Crippen molar-refractivity contribution >= 4 is 44.4 Å². The quantitative estimate of drug-likeness (QED) is 0.496. The molecule has 2 aromatic heterocycles. The number of thioether (sulfide) groups is 1. The predicted octanol–water partition coefficient (Wildman–Crippen LogP) is 2.99. The maximum Gasteiger partial charge on any atom is 0.254 e. The van der Waals surface area contributed by atoms with Crippen molar-refractivity contribution in [2.45, 2.75) is 25.4 Å². The summed E-state index contributed by atoms with van der Waals surface area (Å²) < 4.78 is 6.12. The number of anilines is 1. The summed E-state index contributed by atoms with van der Waals surface area (Å²) in [5.41, 5.74) is 2.02. The number of carbonyl (C=O) groups is 1. The van der Waals surface area contributed by atoms with Gasteiger partial charge in [-0.2, -0.15) is 0 Å². The van der Waals surface area contributed by atoms with Crippen molar-refractivity contribution in [3.05, 3.63) is 39.8 Å². The molecule has 0 saturated heterocycles. The summed E-state index contributed by atoms with van der Waals surface area (Å²) in [4.78, 5) is 35.6. The number of rotatable bonds is 6. The van der Waals surface area contributed by atoms with Crippen molar-refractivity contribution in [2.75, 3.05) is 18.2 Å². The van der Waals surface area contributed by atoms with Crippen LogP contribution in [0, 0.1) is 6.92 Å². The van der Waals surface area contributed by atoms with Gasteiger partial charge in [0.25, 0.3) is 5.56 Å². The Hall–Kier alpha value is -2.39. The van der Waals surface area contributed by atoms with E-state index in [1.54, 1.807) is 14.0 Å². The first-order chi connectivity index (χ1) is 12.5. The summed E-state index contributed by atoms with van der Waals surface area (Å²) in [6.45, 7) is 3.71. The van der Waals surface area contributed by atoms with Crippen molar-refractivity contribution in [3.8, 4) is 5.75 Å². The minimum Gasteiger partial charge on any atom is -0.497 e. The molecule has 1 amide bonds. The van der Waals surface area contributed by atoms with Crippen LogP contribution < -0.4 is 15.6 Å². The Balaban J connectivity index is 1.65. The summed E-state index contributed by atoms with van der Waals surface area (Å²) in [5, 5.41) is 3.74. The van der Waals surface area contributed by atoms with Crippen LogP contribution in [0.3, 0.4) is 0 Å². The molecule has 0 saturated carbocycles. The van der Waals surface area contributed by atoms with Gasteiger partial charge < -0.3 is 15.0 Å². The number of H-pyrrole nitrogens is 1. The third kappa shape index (κ3) is 4.05. The molecule has 7 nitrogen and oxygen atoms in total. The zero-order valence-corrected chi connectivity index (χ0v) is 16.2. The standard InChI is InChI=1S/C17H18N4O3S2/c1-4-11-9(2)18-16(21-15(11)23)25-8-14(22)20-17-19-12-6-5-10(24-3)7-13(12)26-17/h5-7H,4,8H2,1-3H3,(H,18,21,23)(H,19,20,22). The minimum atomic E-state index is -0.208. The molecule has 3 rings (SSSR count). The Kier molecular flexibility index (Phi) is 5.58. The lowest BCUT2D eigenvalue weighted by molar-refractivity contribution is -0.113. The molecule has 0 aliphatic heterocycles. The van der Waals surface area contributed by atoms with Gasteiger partial charge in [-0.05, 0) is 31.5 Å². The van der Waals surface area contributed by atoms with E-state index in [9.17, 15) is 9.59 Å². The number of benzene rings is 1.